The van der Waals surface area contributed by atoms with Gasteiger partial charge in [0.15, 0.2) is 0 Å². The number of sulfonamides is 1. The van der Waals surface area contributed by atoms with Gasteiger partial charge in [0.1, 0.15) is 12.6 Å². The van der Waals surface area contributed by atoms with Gasteiger partial charge in [-0.3, -0.25) is 4.79 Å². The summed E-state index contributed by atoms with van der Waals surface area (Å²) in [4.78, 5) is 11.6. The molecule has 0 saturated carbocycles. The van der Waals surface area contributed by atoms with Crippen LogP contribution in [-0.2, 0) is 26.2 Å². The van der Waals surface area contributed by atoms with Crippen LogP contribution in [0.5, 0.6) is 0 Å². The van der Waals surface area contributed by atoms with Gasteiger partial charge in [0, 0.05) is 0 Å². The van der Waals surface area contributed by atoms with Crippen molar-refractivity contribution in [1.82, 2.24) is 4.72 Å². The molecule has 0 spiro atoms. The highest BCUT2D eigenvalue weighted by molar-refractivity contribution is 7.89. The molecule has 0 aromatic heterocycles. The molecule has 1 aliphatic heterocycles. The van der Waals surface area contributed by atoms with Crippen LogP contribution in [0.2, 0.25) is 0 Å². The van der Waals surface area contributed by atoms with Crippen molar-refractivity contribution in [2.75, 3.05) is 5.75 Å². The van der Waals surface area contributed by atoms with Crippen LogP contribution in [-0.4, -0.2) is 26.2 Å². The summed E-state index contributed by atoms with van der Waals surface area (Å²) in [6, 6.07) is 8.51. The van der Waals surface area contributed by atoms with E-state index in [4.69, 9.17) is 4.74 Å². The van der Waals surface area contributed by atoms with E-state index in [1.807, 2.05) is 30.3 Å². The number of ether oxygens (including phenoxy) is 1. The number of carbonyl (C=O) groups is 1. The van der Waals surface area contributed by atoms with Crippen LogP contribution in [0.15, 0.2) is 30.3 Å². The molecule has 1 aromatic carbocycles. The minimum absolute atomic E-state index is 0.0158. The molecule has 6 heteroatoms. The van der Waals surface area contributed by atoms with Crippen molar-refractivity contribution in [1.29, 1.82) is 0 Å². The summed E-state index contributed by atoms with van der Waals surface area (Å²) < 4.78 is 29.5. The average Bonchev–Trinajstić information content (AvgIpc) is 2.68. The molecule has 1 saturated heterocycles. The minimum Gasteiger partial charge on any atom is -0.460 e. The Labute approximate surface area is 99.8 Å². The van der Waals surface area contributed by atoms with E-state index in [1.54, 1.807) is 0 Å². The summed E-state index contributed by atoms with van der Waals surface area (Å²) in [7, 11) is -3.27. The maximum absolute atomic E-state index is 11.6. The minimum atomic E-state index is -3.27. The lowest BCUT2D eigenvalue weighted by atomic mass is 10.2. The van der Waals surface area contributed by atoms with Crippen LogP contribution in [0.1, 0.15) is 12.0 Å². The van der Waals surface area contributed by atoms with Crippen LogP contribution in [0.4, 0.5) is 0 Å². The molecule has 1 aromatic rings. The first-order valence-electron chi connectivity index (χ1n) is 5.27. The number of esters is 1. The van der Waals surface area contributed by atoms with Crippen LogP contribution in [0, 0.1) is 0 Å². The van der Waals surface area contributed by atoms with Crippen LogP contribution in [0.25, 0.3) is 0 Å². The maximum Gasteiger partial charge on any atom is 0.324 e. The Bertz CT molecular complexity index is 497. The van der Waals surface area contributed by atoms with E-state index in [-0.39, 0.29) is 18.8 Å². The number of benzene rings is 1. The first-order chi connectivity index (χ1) is 8.07. The number of hydrogen-bond acceptors (Lipinski definition) is 4. The number of rotatable bonds is 3. The quantitative estimate of drug-likeness (QED) is 0.795. The normalized spacial score (nSPS) is 22.2. The van der Waals surface area contributed by atoms with Gasteiger partial charge in [-0.25, -0.2) is 13.1 Å². The Balaban J connectivity index is 1.87. The molecular weight excluding hydrogens is 242 g/mol. The molecule has 1 aliphatic rings. The van der Waals surface area contributed by atoms with E-state index in [9.17, 15) is 13.2 Å². The summed E-state index contributed by atoms with van der Waals surface area (Å²) in [5, 5.41) is 0. The molecule has 0 bridgehead atoms. The topological polar surface area (TPSA) is 72.5 Å². The molecule has 1 N–H and O–H groups in total. The van der Waals surface area contributed by atoms with Gasteiger partial charge in [-0.05, 0) is 12.0 Å². The lowest BCUT2D eigenvalue weighted by Gasteiger charge is -2.09. The highest BCUT2D eigenvalue weighted by Gasteiger charge is 2.32. The van der Waals surface area contributed by atoms with Crippen molar-refractivity contribution < 1.29 is 17.9 Å². The molecule has 0 amide bonds. The van der Waals surface area contributed by atoms with E-state index in [2.05, 4.69) is 4.72 Å². The van der Waals surface area contributed by atoms with Gasteiger partial charge in [0.2, 0.25) is 10.0 Å². The smallest absolute Gasteiger partial charge is 0.324 e. The summed E-state index contributed by atoms with van der Waals surface area (Å²) in [6.07, 6.45) is 0.274. The monoisotopic (exact) mass is 255 g/mol. The van der Waals surface area contributed by atoms with E-state index >= 15 is 0 Å². The molecule has 1 atom stereocenters. The van der Waals surface area contributed by atoms with Crippen LogP contribution in [0.3, 0.4) is 0 Å². The van der Waals surface area contributed by atoms with E-state index < -0.39 is 22.0 Å². The summed E-state index contributed by atoms with van der Waals surface area (Å²) in [5.74, 6) is -0.534. The number of nitrogens with one attached hydrogen (secondary N) is 1. The lowest BCUT2D eigenvalue weighted by molar-refractivity contribution is -0.146. The number of hydrogen-bond donors (Lipinski definition) is 1. The second-order valence-electron chi connectivity index (χ2n) is 3.87. The Morgan fingerprint density at radius 3 is 2.65 bits per heavy atom. The first kappa shape index (κ1) is 12.1. The SMILES string of the molecule is O=C(OCc1ccccc1)C1CCS(=O)(=O)N1. The second kappa shape index (κ2) is 4.85. The predicted octanol–water partition coefficient (Wildman–Crippen LogP) is 0.422. The van der Waals surface area contributed by atoms with Crippen molar-refractivity contribution in [2.45, 2.75) is 19.1 Å². The van der Waals surface area contributed by atoms with Gasteiger partial charge < -0.3 is 4.74 Å². The largest absolute Gasteiger partial charge is 0.460 e. The molecule has 17 heavy (non-hydrogen) atoms. The second-order valence-corrected chi connectivity index (χ2v) is 5.74. The van der Waals surface area contributed by atoms with E-state index in [0.29, 0.717) is 0 Å². The van der Waals surface area contributed by atoms with Gasteiger partial charge >= 0.3 is 5.97 Å². The molecule has 0 aliphatic carbocycles. The zero-order chi connectivity index (χ0) is 12.3. The molecule has 2 rings (SSSR count). The maximum atomic E-state index is 11.6. The van der Waals surface area contributed by atoms with Crippen molar-refractivity contribution in [3.05, 3.63) is 35.9 Å². The third kappa shape index (κ3) is 3.28. The van der Waals surface area contributed by atoms with Gasteiger partial charge in [-0.1, -0.05) is 30.3 Å². The molecular formula is C11H13NO4S. The Morgan fingerprint density at radius 2 is 2.06 bits per heavy atom. The van der Waals surface area contributed by atoms with E-state index in [0.717, 1.165) is 5.56 Å². The molecule has 1 fully saturated rings. The molecule has 1 heterocycles. The van der Waals surface area contributed by atoms with Crippen molar-refractivity contribution in [2.24, 2.45) is 0 Å². The van der Waals surface area contributed by atoms with Crippen molar-refractivity contribution in [3.8, 4) is 0 Å². The molecule has 5 nitrogen and oxygen atoms in total. The lowest BCUT2D eigenvalue weighted by Crippen LogP contribution is -2.34. The average molecular weight is 255 g/mol. The highest BCUT2D eigenvalue weighted by atomic mass is 32.2. The van der Waals surface area contributed by atoms with Gasteiger partial charge in [0.25, 0.3) is 0 Å². The van der Waals surface area contributed by atoms with Gasteiger partial charge in [-0.2, -0.15) is 0 Å². The standard InChI is InChI=1S/C11H13NO4S/c13-11(10-6-7-17(14,15)12-10)16-8-9-4-2-1-3-5-9/h1-5,10,12H,6-8H2. The zero-order valence-electron chi connectivity index (χ0n) is 9.13. The fourth-order valence-corrected chi connectivity index (χ4v) is 2.91. The molecule has 0 radical (unpaired) electrons. The molecule has 1 unspecified atom stereocenters. The fraction of sp³-hybridized carbons (Fsp3) is 0.364. The third-order valence-electron chi connectivity index (χ3n) is 2.51. The predicted molar refractivity (Wildman–Crippen MR) is 61.6 cm³/mol. The third-order valence-corrected chi connectivity index (χ3v) is 3.92. The van der Waals surface area contributed by atoms with E-state index in [1.165, 1.54) is 0 Å². The van der Waals surface area contributed by atoms with Crippen LogP contribution < -0.4 is 4.72 Å². The van der Waals surface area contributed by atoms with Crippen molar-refractivity contribution >= 4 is 16.0 Å². The Hall–Kier alpha value is -1.40. The van der Waals surface area contributed by atoms with Crippen LogP contribution >= 0.6 is 0 Å². The Kier molecular flexibility index (Phi) is 3.44. The highest BCUT2D eigenvalue weighted by Crippen LogP contribution is 2.10. The summed E-state index contributed by atoms with van der Waals surface area (Å²) in [6.45, 7) is 0.165. The molecule has 92 valence electrons. The summed E-state index contributed by atoms with van der Waals surface area (Å²) >= 11 is 0. The van der Waals surface area contributed by atoms with Gasteiger partial charge in [0.05, 0.1) is 5.75 Å². The zero-order valence-corrected chi connectivity index (χ0v) is 9.94. The number of carbonyl (C=O) groups excluding carboxylic acids is 1. The summed E-state index contributed by atoms with van der Waals surface area (Å²) in [5.41, 5.74) is 0.877. The fourth-order valence-electron chi connectivity index (χ4n) is 1.60. The first-order valence-corrected chi connectivity index (χ1v) is 6.93. The Morgan fingerprint density at radius 1 is 1.35 bits per heavy atom. The van der Waals surface area contributed by atoms with Gasteiger partial charge in [-0.15, -0.1) is 0 Å². The van der Waals surface area contributed by atoms with Crippen molar-refractivity contribution in [3.63, 3.8) is 0 Å².